The van der Waals surface area contributed by atoms with E-state index in [0.717, 1.165) is 16.7 Å². The molecule has 6 nitrogen and oxygen atoms in total. The molecule has 1 unspecified atom stereocenters. The number of hydrogen-bond donors (Lipinski definition) is 2. The van der Waals surface area contributed by atoms with Gasteiger partial charge in [-0.3, -0.25) is 14.4 Å². The molecule has 2 aromatic rings. The quantitative estimate of drug-likeness (QED) is 0.772. The van der Waals surface area contributed by atoms with E-state index in [9.17, 15) is 19.5 Å². The number of phenolic OH excluding ortho intramolecular Hbond substituents is 1. The van der Waals surface area contributed by atoms with Crippen molar-refractivity contribution >= 4 is 51.8 Å². The number of hydrogen-bond acceptors (Lipinski definition) is 5. The minimum absolute atomic E-state index is 0.103. The van der Waals surface area contributed by atoms with Crippen LogP contribution in [-0.4, -0.2) is 27.4 Å². The molecule has 1 fully saturated rings. The van der Waals surface area contributed by atoms with Gasteiger partial charge in [-0.05, 0) is 66.7 Å². The molecular weight excluding hydrogens is 376 g/mol. The van der Waals surface area contributed by atoms with Gasteiger partial charge in [0.1, 0.15) is 11.0 Å². The maximum absolute atomic E-state index is 12.5. The molecule has 8 heteroatoms. The van der Waals surface area contributed by atoms with Crippen molar-refractivity contribution in [3.63, 3.8) is 0 Å². The van der Waals surface area contributed by atoms with Gasteiger partial charge in [-0.25, -0.2) is 4.90 Å². The molecule has 1 saturated heterocycles. The lowest BCUT2D eigenvalue weighted by molar-refractivity contribution is -0.121. The van der Waals surface area contributed by atoms with Crippen LogP contribution in [-0.2, 0) is 9.59 Å². The van der Waals surface area contributed by atoms with E-state index in [1.54, 1.807) is 37.3 Å². The maximum Gasteiger partial charge on any atom is 0.293 e. The molecule has 0 aromatic heterocycles. The molecule has 3 amide bonds. The van der Waals surface area contributed by atoms with E-state index in [-0.39, 0.29) is 18.1 Å². The van der Waals surface area contributed by atoms with Crippen LogP contribution in [0.2, 0.25) is 5.02 Å². The van der Waals surface area contributed by atoms with Crippen LogP contribution >= 0.6 is 23.4 Å². The first kappa shape index (κ1) is 18.3. The van der Waals surface area contributed by atoms with Crippen LogP contribution in [0.15, 0.2) is 42.5 Å². The first-order valence-electron chi connectivity index (χ1n) is 7.75. The van der Waals surface area contributed by atoms with E-state index >= 15 is 0 Å². The SMILES string of the molecule is Cc1cc(O)ccc1NC(=O)CC1SC(=O)N(c2ccc(Cl)cc2)C1=O. The number of nitrogens with zero attached hydrogens (tertiary/aromatic N) is 1. The van der Waals surface area contributed by atoms with Crippen molar-refractivity contribution in [3.8, 4) is 5.75 Å². The standard InChI is InChI=1S/C18H15ClN2O4S/c1-10-8-13(22)6-7-14(10)20-16(23)9-15-17(24)21(18(25)26-15)12-4-2-11(19)3-5-12/h2-8,15,22H,9H2,1H3,(H,20,23). The fourth-order valence-electron chi connectivity index (χ4n) is 2.57. The highest BCUT2D eigenvalue weighted by molar-refractivity contribution is 8.15. The normalized spacial score (nSPS) is 16.8. The number of rotatable bonds is 4. The molecule has 0 saturated carbocycles. The molecule has 1 aliphatic heterocycles. The second-order valence-electron chi connectivity index (χ2n) is 5.77. The van der Waals surface area contributed by atoms with E-state index in [4.69, 9.17) is 11.6 Å². The summed E-state index contributed by atoms with van der Waals surface area (Å²) in [5, 5.41) is 11.4. The Kier molecular flexibility index (Phi) is 5.20. The van der Waals surface area contributed by atoms with Crippen molar-refractivity contribution < 1.29 is 19.5 Å². The monoisotopic (exact) mass is 390 g/mol. The van der Waals surface area contributed by atoms with Gasteiger partial charge in [0, 0.05) is 17.1 Å². The predicted octanol–water partition coefficient (Wildman–Crippen LogP) is 3.95. The zero-order chi connectivity index (χ0) is 18.8. The van der Waals surface area contributed by atoms with E-state index in [1.165, 1.54) is 12.1 Å². The number of carbonyl (C=O) groups is 3. The first-order chi connectivity index (χ1) is 12.3. The van der Waals surface area contributed by atoms with Gasteiger partial charge in [0.25, 0.3) is 5.24 Å². The summed E-state index contributed by atoms with van der Waals surface area (Å²) in [5.41, 5.74) is 1.67. The molecule has 3 rings (SSSR count). The lowest BCUT2D eigenvalue weighted by Gasteiger charge is -2.14. The number of carbonyl (C=O) groups excluding carboxylic acids is 3. The third-order valence-corrected chi connectivity index (χ3v) is 5.15. The molecule has 0 spiro atoms. The Labute approximate surface area is 159 Å². The second-order valence-corrected chi connectivity index (χ2v) is 7.36. The highest BCUT2D eigenvalue weighted by Gasteiger charge is 2.41. The number of imide groups is 1. The van der Waals surface area contributed by atoms with Crippen LogP contribution in [0.4, 0.5) is 16.2 Å². The maximum atomic E-state index is 12.5. The Morgan fingerprint density at radius 1 is 1.23 bits per heavy atom. The Bertz CT molecular complexity index is 885. The Morgan fingerprint density at radius 3 is 2.58 bits per heavy atom. The van der Waals surface area contributed by atoms with Crippen LogP contribution < -0.4 is 10.2 Å². The van der Waals surface area contributed by atoms with E-state index < -0.39 is 16.4 Å². The lowest BCUT2D eigenvalue weighted by Crippen LogP contribution is -2.32. The van der Waals surface area contributed by atoms with Crippen molar-refractivity contribution in [1.29, 1.82) is 0 Å². The third-order valence-electron chi connectivity index (χ3n) is 3.86. The Balaban J connectivity index is 1.68. The second kappa shape index (κ2) is 7.39. The first-order valence-corrected chi connectivity index (χ1v) is 9.00. The number of nitrogens with one attached hydrogen (secondary N) is 1. The average Bonchev–Trinajstić information content (AvgIpc) is 2.85. The van der Waals surface area contributed by atoms with Crippen molar-refractivity contribution in [2.75, 3.05) is 10.2 Å². The van der Waals surface area contributed by atoms with E-state index in [2.05, 4.69) is 5.32 Å². The fraction of sp³-hybridized carbons (Fsp3) is 0.167. The number of phenols is 1. The van der Waals surface area contributed by atoms with Gasteiger partial charge >= 0.3 is 0 Å². The van der Waals surface area contributed by atoms with Crippen molar-refractivity contribution in [2.24, 2.45) is 0 Å². The lowest BCUT2D eigenvalue weighted by atomic mass is 10.1. The molecule has 1 heterocycles. The number of thioether (sulfide) groups is 1. The molecule has 0 aliphatic carbocycles. The number of benzene rings is 2. The van der Waals surface area contributed by atoms with Crippen molar-refractivity contribution in [2.45, 2.75) is 18.6 Å². The number of amides is 3. The number of halogens is 1. The molecular formula is C18H15ClN2O4S. The number of aromatic hydroxyl groups is 1. The molecule has 2 N–H and O–H groups in total. The van der Waals surface area contributed by atoms with Gasteiger partial charge < -0.3 is 10.4 Å². The summed E-state index contributed by atoms with van der Waals surface area (Å²) in [7, 11) is 0. The predicted molar refractivity (Wildman–Crippen MR) is 102 cm³/mol. The summed E-state index contributed by atoms with van der Waals surface area (Å²) in [5.74, 6) is -0.707. The van der Waals surface area contributed by atoms with Crippen LogP contribution in [0.1, 0.15) is 12.0 Å². The smallest absolute Gasteiger partial charge is 0.293 e. The molecule has 134 valence electrons. The van der Waals surface area contributed by atoms with Crippen molar-refractivity contribution in [3.05, 3.63) is 53.1 Å². The van der Waals surface area contributed by atoms with Gasteiger partial charge in [-0.1, -0.05) is 11.6 Å². The summed E-state index contributed by atoms with van der Waals surface area (Å²) >= 11 is 6.66. The summed E-state index contributed by atoms with van der Waals surface area (Å²) in [4.78, 5) is 38.0. The van der Waals surface area contributed by atoms with Crippen LogP contribution in [0.5, 0.6) is 5.75 Å². The zero-order valence-electron chi connectivity index (χ0n) is 13.7. The van der Waals surface area contributed by atoms with Crippen molar-refractivity contribution in [1.82, 2.24) is 0 Å². The van der Waals surface area contributed by atoms with Crippen LogP contribution in [0, 0.1) is 6.92 Å². The van der Waals surface area contributed by atoms with Gasteiger partial charge in [0.2, 0.25) is 11.8 Å². The number of aryl methyl sites for hydroxylation is 1. The van der Waals surface area contributed by atoms with E-state index in [0.29, 0.717) is 22.0 Å². The van der Waals surface area contributed by atoms with Gasteiger partial charge in [0.05, 0.1) is 5.69 Å². The fourth-order valence-corrected chi connectivity index (χ4v) is 3.68. The molecule has 2 aromatic carbocycles. The highest BCUT2D eigenvalue weighted by Crippen LogP contribution is 2.34. The minimum atomic E-state index is -0.782. The van der Waals surface area contributed by atoms with Gasteiger partial charge in [0.15, 0.2) is 0 Å². The van der Waals surface area contributed by atoms with E-state index in [1.807, 2.05) is 0 Å². The minimum Gasteiger partial charge on any atom is -0.508 e. The zero-order valence-corrected chi connectivity index (χ0v) is 15.3. The molecule has 0 bridgehead atoms. The molecule has 1 atom stereocenters. The highest BCUT2D eigenvalue weighted by atomic mass is 35.5. The summed E-state index contributed by atoms with van der Waals surface area (Å²) in [6.45, 7) is 1.75. The third kappa shape index (κ3) is 3.84. The van der Waals surface area contributed by atoms with Gasteiger partial charge in [-0.2, -0.15) is 0 Å². The average molecular weight is 391 g/mol. The summed E-state index contributed by atoms with van der Waals surface area (Å²) in [6, 6.07) is 10.9. The van der Waals surface area contributed by atoms with Gasteiger partial charge in [-0.15, -0.1) is 0 Å². The summed E-state index contributed by atoms with van der Waals surface area (Å²) < 4.78 is 0. The number of anilines is 2. The topological polar surface area (TPSA) is 86.7 Å². The van der Waals surface area contributed by atoms with Crippen LogP contribution in [0.3, 0.4) is 0 Å². The molecule has 1 aliphatic rings. The molecule has 0 radical (unpaired) electrons. The summed E-state index contributed by atoms with van der Waals surface area (Å²) in [6.07, 6.45) is -0.125. The Hall–Kier alpha value is -2.51. The Morgan fingerprint density at radius 2 is 1.92 bits per heavy atom. The van der Waals surface area contributed by atoms with Crippen LogP contribution in [0.25, 0.3) is 0 Å². The largest absolute Gasteiger partial charge is 0.508 e. The molecule has 26 heavy (non-hydrogen) atoms.